The molecule has 0 spiro atoms. The Kier molecular flexibility index (Phi) is 22.8. The SMILES string of the molecule is O=C(Nc1ccc(N=Nc2ccc(N=Nc3ccc(SOO[O-])cc3)c3cc(SOO[O-])ccc23)cc1)Nc1ccc(N=Nc2ccc(S(=O)(=O)[O-])cc2)c2cc(S(=O)(=O)[O-])ccc12.[Li+].[Li+].[Li+].[Li+]. The molecule has 326 valence electrons. The minimum Gasteiger partial charge on any atom is -0.744 e. The molecule has 7 rings (SSSR count). The summed E-state index contributed by atoms with van der Waals surface area (Å²) in [7, 11) is -9.57. The summed E-state index contributed by atoms with van der Waals surface area (Å²) in [5, 5.41) is 60.0. The molecule has 0 saturated heterocycles. The predicted molar refractivity (Wildman–Crippen MR) is 224 cm³/mol. The van der Waals surface area contributed by atoms with Crippen molar-refractivity contribution in [3.05, 3.63) is 133 Å². The summed E-state index contributed by atoms with van der Waals surface area (Å²) in [6.07, 6.45) is 0. The molecular formula is C39H24Li4N8O13S4. The van der Waals surface area contributed by atoms with Gasteiger partial charge >= 0.3 is 81.5 Å². The first-order chi connectivity index (χ1) is 30.8. The average molecular weight is 969 g/mol. The van der Waals surface area contributed by atoms with Crippen LogP contribution in [-0.4, -0.2) is 32.0 Å². The van der Waals surface area contributed by atoms with Crippen molar-refractivity contribution in [3.63, 3.8) is 0 Å². The predicted octanol–water partition coefficient (Wildman–Crippen LogP) is -2.83. The fraction of sp³-hybridized carbons (Fsp3) is 0. The molecule has 0 fully saturated rings. The fourth-order valence-electron chi connectivity index (χ4n) is 5.77. The van der Waals surface area contributed by atoms with Crippen LogP contribution in [0.15, 0.2) is 184 Å². The van der Waals surface area contributed by atoms with Gasteiger partial charge in [0.2, 0.25) is 0 Å². The summed E-state index contributed by atoms with van der Waals surface area (Å²) < 4.78 is 78.2. The van der Waals surface area contributed by atoms with Crippen molar-refractivity contribution in [2.24, 2.45) is 30.7 Å². The number of carbonyl (C=O) groups is 1. The van der Waals surface area contributed by atoms with Crippen molar-refractivity contribution < 1.29 is 135 Å². The summed E-state index contributed by atoms with van der Waals surface area (Å²) in [6.45, 7) is 0. The van der Waals surface area contributed by atoms with Crippen LogP contribution in [0.4, 0.5) is 50.3 Å². The maximum Gasteiger partial charge on any atom is 1.00 e. The van der Waals surface area contributed by atoms with E-state index in [-0.39, 0.29) is 97.9 Å². The first kappa shape index (κ1) is 58.1. The van der Waals surface area contributed by atoms with Crippen molar-refractivity contribution >= 4 is 117 Å². The Morgan fingerprint density at radius 1 is 0.456 bits per heavy atom. The molecule has 29 heteroatoms. The zero-order valence-electron chi connectivity index (χ0n) is 35.8. The molecular weight excluding hydrogens is 945 g/mol. The maximum absolute atomic E-state index is 13.2. The van der Waals surface area contributed by atoms with E-state index in [0.29, 0.717) is 66.4 Å². The topological polar surface area (TPSA) is 313 Å². The minimum atomic E-state index is -4.89. The van der Waals surface area contributed by atoms with Crippen LogP contribution in [0, 0.1) is 0 Å². The van der Waals surface area contributed by atoms with Gasteiger partial charge in [-0.1, -0.05) is 12.1 Å². The van der Waals surface area contributed by atoms with Gasteiger partial charge in [-0.05, 0) is 121 Å². The average Bonchev–Trinajstić information content (AvgIpc) is 3.28. The van der Waals surface area contributed by atoms with Gasteiger partial charge in [-0.15, -0.1) is 15.3 Å². The van der Waals surface area contributed by atoms with Crippen LogP contribution in [0.3, 0.4) is 0 Å². The number of rotatable bonds is 16. The smallest absolute Gasteiger partial charge is 0.744 e. The number of hydrogen-bond acceptors (Lipinski definition) is 21. The first-order valence-corrected chi connectivity index (χ1v) is 22.0. The summed E-state index contributed by atoms with van der Waals surface area (Å²) in [5.74, 6) is 0. The van der Waals surface area contributed by atoms with E-state index < -0.39 is 36.1 Å². The molecule has 0 bridgehead atoms. The molecule has 0 aliphatic carbocycles. The van der Waals surface area contributed by atoms with Gasteiger partial charge in [0.25, 0.3) is 0 Å². The van der Waals surface area contributed by atoms with Crippen molar-refractivity contribution in [1.29, 1.82) is 0 Å². The van der Waals surface area contributed by atoms with Gasteiger partial charge < -0.3 is 30.3 Å². The van der Waals surface area contributed by atoms with Crippen LogP contribution in [0.5, 0.6) is 0 Å². The number of urea groups is 1. The first-order valence-electron chi connectivity index (χ1n) is 17.7. The van der Waals surface area contributed by atoms with E-state index >= 15 is 0 Å². The van der Waals surface area contributed by atoms with Gasteiger partial charge in [0.15, 0.2) is 0 Å². The van der Waals surface area contributed by atoms with Gasteiger partial charge in [0, 0.05) is 37.0 Å². The zero-order valence-corrected chi connectivity index (χ0v) is 39.1. The summed E-state index contributed by atoms with van der Waals surface area (Å²) in [6, 6.07) is 31.8. The molecule has 0 unspecified atom stereocenters. The third kappa shape index (κ3) is 15.7. The van der Waals surface area contributed by atoms with Gasteiger partial charge in [-0.25, -0.2) is 21.6 Å². The Morgan fingerprint density at radius 3 is 1.41 bits per heavy atom. The largest absolute Gasteiger partial charge is 1.00 e. The van der Waals surface area contributed by atoms with E-state index in [2.05, 4.69) is 60.1 Å². The second-order valence-corrected chi connectivity index (χ2v) is 17.0. The minimum absolute atomic E-state index is 0. The Morgan fingerprint density at radius 2 is 0.882 bits per heavy atom. The summed E-state index contributed by atoms with van der Waals surface area (Å²) >= 11 is 1.42. The van der Waals surface area contributed by atoms with Crippen molar-refractivity contribution in [1.82, 2.24) is 0 Å². The van der Waals surface area contributed by atoms with E-state index in [1.54, 1.807) is 78.9 Å². The molecule has 0 saturated carbocycles. The molecule has 68 heavy (non-hydrogen) atoms. The van der Waals surface area contributed by atoms with E-state index in [4.69, 9.17) is 0 Å². The van der Waals surface area contributed by atoms with Gasteiger partial charge in [0.1, 0.15) is 20.2 Å². The maximum atomic E-state index is 13.2. The van der Waals surface area contributed by atoms with Gasteiger partial charge in [0.05, 0.1) is 73.7 Å². The molecule has 0 atom stereocenters. The fourth-order valence-corrected chi connectivity index (χ4v) is 7.49. The molecule has 0 aliphatic rings. The van der Waals surface area contributed by atoms with Crippen LogP contribution in [0.25, 0.3) is 21.5 Å². The number of azo groups is 3. The number of benzene rings is 7. The third-order valence-corrected chi connectivity index (χ3v) is 11.5. The number of hydrogen-bond donors (Lipinski definition) is 2. The summed E-state index contributed by atoms with van der Waals surface area (Å²) in [5.41, 5.74) is 2.70. The number of nitrogens with zero attached hydrogens (tertiary/aromatic N) is 6. The van der Waals surface area contributed by atoms with Crippen molar-refractivity contribution in [3.8, 4) is 0 Å². The van der Waals surface area contributed by atoms with Crippen LogP contribution >= 0.6 is 24.1 Å². The van der Waals surface area contributed by atoms with E-state index in [1.807, 2.05) is 0 Å². The molecule has 21 nitrogen and oxygen atoms in total. The molecule has 0 radical (unpaired) electrons. The molecule has 2 N–H and O–H groups in total. The van der Waals surface area contributed by atoms with Crippen LogP contribution in [0.2, 0.25) is 0 Å². The third-order valence-electron chi connectivity index (χ3n) is 8.67. The van der Waals surface area contributed by atoms with E-state index in [9.17, 15) is 41.3 Å². The second kappa shape index (κ2) is 26.7. The van der Waals surface area contributed by atoms with Crippen molar-refractivity contribution in [2.45, 2.75) is 19.6 Å². The normalized spacial score (nSPS) is 11.5. The van der Waals surface area contributed by atoms with Crippen LogP contribution in [0.1, 0.15) is 0 Å². The van der Waals surface area contributed by atoms with E-state index in [1.165, 1.54) is 30.3 Å². The molecule has 7 aromatic rings. The zero-order chi connectivity index (χ0) is 45.3. The monoisotopic (exact) mass is 968 g/mol. The molecule has 2 amide bonds. The van der Waals surface area contributed by atoms with Crippen LogP contribution < -0.4 is 96.6 Å². The Hall–Kier alpha value is -4.20. The molecule has 0 aliphatic heterocycles. The van der Waals surface area contributed by atoms with Crippen LogP contribution in [-0.2, 0) is 39.0 Å². The molecule has 0 heterocycles. The quantitative estimate of drug-likeness (QED) is 0.0246. The number of fused-ring (bicyclic) bond motifs is 2. The number of amides is 2. The molecule has 0 aromatic heterocycles. The van der Waals surface area contributed by atoms with Gasteiger partial charge in [-0.3, -0.25) is 10.1 Å². The number of carbonyl (C=O) groups excluding carboxylic acids is 1. The molecule has 7 aromatic carbocycles. The Balaban J connectivity index is 0.00000306. The second-order valence-electron chi connectivity index (χ2n) is 12.7. The number of nitrogens with one attached hydrogen (secondary N) is 2. The van der Waals surface area contributed by atoms with Gasteiger partial charge in [-0.2, -0.15) is 24.0 Å². The van der Waals surface area contributed by atoms with E-state index in [0.717, 1.165) is 36.3 Å². The summed E-state index contributed by atoms with van der Waals surface area (Å²) in [4.78, 5) is 13.3. The Bertz CT molecular complexity index is 3180. The van der Waals surface area contributed by atoms with Crippen molar-refractivity contribution in [2.75, 3.05) is 10.6 Å². The standard InChI is InChI=1S/C39H28N8O13S4.4Li/c48-39(41-35-17-18-38(34-22-30(64(54,55)56)14-16-31(34)35)47-44-26-7-12-29(13-8-26)63(51,52)53)40-23-1-3-24(4-2-23)42-45-36-19-20-37(33-21-28(62-60-58-50)11-15-32(33)36)46-43-25-5-9-27(10-6-25)61-59-57-49;;;;/h1-22,49-50H,(H2,40,41,48)(H,51,52,53)(H,54,55,56);;;;/q;4*+1/p-4. The Labute approximate surface area is 443 Å². The number of anilines is 2.